The number of rotatable bonds is 23. The number of unbranched alkanes of at least 4 members (excludes halogenated alkanes) is 8. The highest BCUT2D eigenvalue weighted by atomic mass is 32.2. The number of hydrogen-bond donors (Lipinski definition) is 6. The quantitative estimate of drug-likeness (QED) is 0.0362. The normalized spacial score (nSPS) is 16.4. The van der Waals surface area contributed by atoms with Gasteiger partial charge >= 0.3 is 0 Å². The van der Waals surface area contributed by atoms with Crippen molar-refractivity contribution in [1.82, 2.24) is 10.6 Å². The molecule has 1 fully saturated rings. The van der Waals surface area contributed by atoms with Crippen LogP contribution in [0.15, 0.2) is 66.7 Å². The van der Waals surface area contributed by atoms with Crippen molar-refractivity contribution in [3.8, 4) is 11.5 Å². The number of β-lactam (4-membered cyclic amide) rings is 1. The van der Waals surface area contributed by atoms with Crippen LogP contribution in [0.2, 0.25) is 0 Å². The Bertz CT molecular complexity index is 1690. The first-order valence-corrected chi connectivity index (χ1v) is 19.8. The minimum absolute atomic E-state index is 0.0132. The summed E-state index contributed by atoms with van der Waals surface area (Å²) in [7, 11) is -3.90. The minimum atomic E-state index is -3.90. The fraction of sp³-hybridized carbons (Fsp3) is 0.487. The summed E-state index contributed by atoms with van der Waals surface area (Å²) < 4.78 is 43.4. The van der Waals surface area contributed by atoms with Gasteiger partial charge in [-0.05, 0) is 79.8 Å². The van der Waals surface area contributed by atoms with Gasteiger partial charge in [0, 0.05) is 36.8 Å². The van der Waals surface area contributed by atoms with E-state index in [2.05, 4.69) is 10.6 Å². The minimum Gasteiger partial charge on any atom is -0.508 e. The van der Waals surface area contributed by atoms with Crippen molar-refractivity contribution < 1.29 is 42.3 Å². The molecular formula is C39H52FN3O8S. The highest BCUT2D eigenvalue weighted by molar-refractivity contribution is 7.85. The van der Waals surface area contributed by atoms with Crippen molar-refractivity contribution in [1.29, 1.82) is 0 Å². The van der Waals surface area contributed by atoms with Crippen LogP contribution < -0.4 is 15.5 Å². The lowest BCUT2D eigenvalue weighted by Crippen LogP contribution is -2.55. The molecule has 3 aromatic rings. The average Bonchev–Trinajstić information content (AvgIpc) is 3.10. The molecule has 3 aromatic carbocycles. The van der Waals surface area contributed by atoms with Gasteiger partial charge in [0.15, 0.2) is 0 Å². The maximum absolute atomic E-state index is 13.5. The van der Waals surface area contributed by atoms with Gasteiger partial charge in [-0.2, -0.15) is 8.42 Å². The number of nitrogens with zero attached hydrogens (tertiary/aromatic N) is 1. The molecule has 0 aliphatic carbocycles. The average molecular weight is 742 g/mol. The number of carbonyl (C=O) groups is 2. The number of nitrogens with one attached hydrogen (secondary N) is 2. The first-order valence-electron chi connectivity index (χ1n) is 18.2. The number of aliphatic hydroxyl groups excluding tert-OH is 1. The van der Waals surface area contributed by atoms with Gasteiger partial charge < -0.3 is 30.9 Å². The van der Waals surface area contributed by atoms with Crippen molar-refractivity contribution >= 4 is 27.6 Å². The van der Waals surface area contributed by atoms with E-state index in [0.29, 0.717) is 36.2 Å². The van der Waals surface area contributed by atoms with E-state index in [-0.39, 0.29) is 42.0 Å². The molecule has 0 unspecified atom stereocenters. The number of hydrogen-bond acceptors (Lipinski definition) is 8. The van der Waals surface area contributed by atoms with Gasteiger partial charge in [-0.15, -0.1) is 0 Å². The number of anilines is 1. The molecule has 1 aliphatic heterocycles. The number of carbonyl (C=O) groups excluding carboxylic acids is 2. The summed E-state index contributed by atoms with van der Waals surface area (Å²) in [6.07, 6.45) is 9.69. The molecule has 0 radical (unpaired) electrons. The van der Waals surface area contributed by atoms with E-state index >= 15 is 0 Å². The molecule has 11 nitrogen and oxygen atoms in total. The van der Waals surface area contributed by atoms with E-state index in [9.17, 15) is 37.7 Å². The van der Waals surface area contributed by atoms with Crippen molar-refractivity contribution in [3.63, 3.8) is 0 Å². The van der Waals surface area contributed by atoms with E-state index in [4.69, 9.17) is 4.55 Å². The first-order chi connectivity index (χ1) is 24.9. The fourth-order valence-electron chi connectivity index (χ4n) is 6.61. The number of aliphatic hydroxyl groups is 1. The van der Waals surface area contributed by atoms with E-state index in [1.807, 2.05) is 12.1 Å². The van der Waals surface area contributed by atoms with E-state index in [0.717, 1.165) is 69.9 Å². The predicted octanol–water partition coefficient (Wildman–Crippen LogP) is 6.45. The van der Waals surface area contributed by atoms with Crippen LogP contribution in [0.3, 0.4) is 0 Å². The Morgan fingerprint density at radius 3 is 2.12 bits per heavy atom. The number of aromatic hydroxyl groups is 2. The lowest BCUT2D eigenvalue weighted by Gasteiger charge is -2.48. The molecule has 4 rings (SSSR count). The number of phenolic OH excluding ortho intramolecular Hbond substituents is 2. The van der Waals surface area contributed by atoms with Gasteiger partial charge in [0.05, 0.1) is 23.8 Å². The smallest absolute Gasteiger partial charge is 0.266 e. The molecule has 1 saturated heterocycles. The Morgan fingerprint density at radius 1 is 0.846 bits per heavy atom. The first kappa shape index (κ1) is 40.7. The van der Waals surface area contributed by atoms with Gasteiger partial charge in [-0.3, -0.25) is 14.1 Å². The van der Waals surface area contributed by atoms with Gasteiger partial charge in [0.2, 0.25) is 11.8 Å². The Morgan fingerprint density at radius 2 is 1.48 bits per heavy atom. The number of halogens is 1. The number of amides is 2. The maximum atomic E-state index is 13.5. The fourth-order valence-corrected chi connectivity index (χ4v) is 7.01. The van der Waals surface area contributed by atoms with Gasteiger partial charge in [-0.1, -0.05) is 69.2 Å². The molecular weight excluding hydrogens is 690 g/mol. The lowest BCUT2D eigenvalue weighted by molar-refractivity contribution is -0.131. The van der Waals surface area contributed by atoms with Crippen molar-refractivity contribution in [2.45, 2.75) is 95.7 Å². The maximum Gasteiger partial charge on any atom is 0.266 e. The zero-order valence-corrected chi connectivity index (χ0v) is 30.4. The zero-order valence-electron chi connectivity index (χ0n) is 29.6. The lowest BCUT2D eigenvalue weighted by atomic mass is 9.78. The van der Waals surface area contributed by atoms with Crippen LogP contribution in [0.5, 0.6) is 11.5 Å². The highest BCUT2D eigenvalue weighted by Crippen LogP contribution is 2.49. The summed E-state index contributed by atoms with van der Waals surface area (Å²) in [5.74, 6) is -1.60. The number of benzene rings is 3. The molecule has 1 heterocycles. The van der Waals surface area contributed by atoms with Crippen LogP contribution in [-0.2, 0) is 26.3 Å². The van der Waals surface area contributed by atoms with Crippen LogP contribution >= 0.6 is 0 Å². The molecule has 0 aromatic heterocycles. The Kier molecular flexibility index (Phi) is 15.9. The second-order valence-electron chi connectivity index (χ2n) is 13.6. The van der Waals surface area contributed by atoms with E-state index < -0.39 is 34.0 Å². The summed E-state index contributed by atoms with van der Waals surface area (Å²) in [5, 5.41) is 37.2. The summed E-state index contributed by atoms with van der Waals surface area (Å²) in [6, 6.07) is 16.7. The van der Waals surface area contributed by atoms with Crippen molar-refractivity contribution in [2.75, 3.05) is 23.7 Å². The van der Waals surface area contributed by atoms with Crippen molar-refractivity contribution in [2.24, 2.45) is 5.92 Å². The van der Waals surface area contributed by atoms with Crippen LogP contribution in [-0.4, -0.2) is 58.9 Å². The molecule has 52 heavy (non-hydrogen) atoms. The molecule has 0 bridgehead atoms. The molecule has 1 aliphatic rings. The molecule has 3 atom stereocenters. The van der Waals surface area contributed by atoms with Crippen LogP contribution in [0, 0.1) is 11.7 Å². The van der Waals surface area contributed by atoms with Crippen LogP contribution in [0.4, 0.5) is 10.1 Å². The summed E-state index contributed by atoms with van der Waals surface area (Å²) in [4.78, 5) is 27.5. The third-order valence-electron chi connectivity index (χ3n) is 9.55. The highest BCUT2D eigenvalue weighted by Gasteiger charge is 2.49. The van der Waals surface area contributed by atoms with Gasteiger partial charge in [0.1, 0.15) is 17.3 Å². The second-order valence-corrected chi connectivity index (χ2v) is 15.1. The Labute approximate surface area is 306 Å². The molecule has 6 N–H and O–H groups in total. The van der Waals surface area contributed by atoms with Crippen LogP contribution in [0.1, 0.15) is 106 Å². The molecule has 0 saturated carbocycles. The predicted molar refractivity (Wildman–Crippen MR) is 198 cm³/mol. The Hall–Kier alpha value is -4.04. The Balaban J connectivity index is 1.16. The molecule has 2 amide bonds. The summed E-state index contributed by atoms with van der Waals surface area (Å²) in [5.41, 5.74) is 2.53. The van der Waals surface area contributed by atoms with Crippen molar-refractivity contribution in [3.05, 3.63) is 89.2 Å². The van der Waals surface area contributed by atoms with Gasteiger partial charge in [-0.25, -0.2) is 4.39 Å². The number of phenols is 2. The van der Waals surface area contributed by atoms with E-state index in [1.165, 1.54) is 36.4 Å². The zero-order chi connectivity index (χ0) is 37.5. The topological polar surface area (TPSA) is 176 Å². The summed E-state index contributed by atoms with van der Waals surface area (Å²) >= 11 is 0. The van der Waals surface area contributed by atoms with Crippen LogP contribution in [0.25, 0.3) is 0 Å². The molecule has 284 valence electrons. The third kappa shape index (κ3) is 12.9. The molecule has 0 spiro atoms. The largest absolute Gasteiger partial charge is 0.508 e. The second kappa shape index (κ2) is 20.3. The standard InChI is InChI=1S/C39H52FN3O8S/c40-30-15-13-29(14-16-30)35(45)22-21-34-38(33-20-19-32(44)26-36(33)46)43(39(34)48)31-17-11-28(12-18-31)27-42-37(47)10-8-6-4-2-1-3-5-7-9-23-41-24-25-52(49,50)51/h11-20,26,34-35,38,41,44-46H,1-10,21-25,27H2,(H,42,47)(H,49,50,51)/t34-,35+,38-/m1/s1. The summed E-state index contributed by atoms with van der Waals surface area (Å²) in [6.45, 7) is 1.37. The third-order valence-corrected chi connectivity index (χ3v) is 10.3. The monoisotopic (exact) mass is 741 g/mol. The van der Waals surface area contributed by atoms with Gasteiger partial charge in [0.25, 0.3) is 10.1 Å². The SMILES string of the molecule is O=C(CCCCCCCCCCCNCCS(=O)(=O)O)NCc1ccc(N2C(=O)[C@H](CC[C@H](O)c3ccc(F)cc3)[C@H]2c2ccc(O)cc2O)cc1. The molecule has 13 heteroatoms. The van der Waals surface area contributed by atoms with E-state index in [1.54, 1.807) is 23.1 Å².